The van der Waals surface area contributed by atoms with Crippen LogP contribution in [0.1, 0.15) is 23.2 Å². The van der Waals surface area contributed by atoms with Gasteiger partial charge in [0, 0.05) is 0 Å². The van der Waals surface area contributed by atoms with E-state index in [1.54, 1.807) is 18.2 Å². The van der Waals surface area contributed by atoms with Crippen molar-refractivity contribution in [2.45, 2.75) is 12.8 Å². The molecule has 0 unspecified atom stereocenters. The van der Waals surface area contributed by atoms with Crippen LogP contribution in [0.4, 0.5) is 0 Å². The fraction of sp³-hybridized carbons (Fsp3) is 0.364. The molecule has 0 N–H and O–H groups in total. The van der Waals surface area contributed by atoms with Gasteiger partial charge >= 0.3 is 0 Å². The van der Waals surface area contributed by atoms with E-state index in [1.807, 2.05) is 6.07 Å². The number of hydrogen-bond donors (Lipinski definition) is 0. The highest BCUT2D eigenvalue weighted by atomic mass is 35.5. The monoisotopic (exact) mass is 210 g/mol. The maximum absolute atomic E-state index is 11.0. The SMILES string of the molecule is O=C(Cl)c1ccccc1OCC1CC1. The van der Waals surface area contributed by atoms with Crippen LogP contribution in [0.25, 0.3) is 0 Å². The summed E-state index contributed by atoms with van der Waals surface area (Å²) in [6.45, 7) is 0.696. The Kier molecular flexibility index (Phi) is 2.73. The number of carbonyl (C=O) groups excluding carboxylic acids is 1. The quantitative estimate of drug-likeness (QED) is 0.715. The predicted molar refractivity (Wildman–Crippen MR) is 54.8 cm³/mol. The fourth-order valence-corrected chi connectivity index (χ4v) is 1.40. The van der Waals surface area contributed by atoms with Crippen LogP contribution in [0.5, 0.6) is 5.75 Å². The number of halogens is 1. The summed E-state index contributed by atoms with van der Waals surface area (Å²) in [5.74, 6) is 1.27. The third-order valence-corrected chi connectivity index (χ3v) is 2.47. The van der Waals surface area contributed by atoms with Gasteiger partial charge in [-0.25, -0.2) is 0 Å². The number of hydrogen-bond acceptors (Lipinski definition) is 2. The van der Waals surface area contributed by atoms with Crippen LogP contribution >= 0.6 is 11.6 Å². The van der Waals surface area contributed by atoms with E-state index in [4.69, 9.17) is 16.3 Å². The Labute approximate surface area is 87.8 Å². The second-order valence-corrected chi connectivity index (χ2v) is 3.87. The summed E-state index contributed by atoms with van der Waals surface area (Å²) in [5.41, 5.74) is 0.454. The van der Waals surface area contributed by atoms with E-state index in [-0.39, 0.29) is 0 Å². The van der Waals surface area contributed by atoms with E-state index in [2.05, 4.69) is 0 Å². The Morgan fingerprint density at radius 3 is 2.79 bits per heavy atom. The van der Waals surface area contributed by atoms with Gasteiger partial charge in [0.1, 0.15) is 5.75 Å². The number of ether oxygens (including phenoxy) is 1. The van der Waals surface area contributed by atoms with Gasteiger partial charge in [-0.1, -0.05) is 12.1 Å². The molecule has 0 aliphatic heterocycles. The summed E-state index contributed by atoms with van der Waals surface area (Å²) < 4.78 is 5.52. The zero-order chi connectivity index (χ0) is 9.97. The molecule has 0 saturated heterocycles. The molecule has 0 aromatic heterocycles. The van der Waals surface area contributed by atoms with Gasteiger partial charge in [0.15, 0.2) is 0 Å². The number of para-hydroxylation sites is 1. The fourth-order valence-electron chi connectivity index (χ4n) is 1.25. The van der Waals surface area contributed by atoms with Crippen LogP contribution < -0.4 is 4.74 Å². The molecule has 1 aliphatic rings. The molecular weight excluding hydrogens is 200 g/mol. The van der Waals surface area contributed by atoms with Crippen molar-refractivity contribution < 1.29 is 9.53 Å². The first-order valence-corrected chi connectivity index (χ1v) is 5.07. The van der Waals surface area contributed by atoms with Crippen LogP contribution in [0.3, 0.4) is 0 Å². The minimum atomic E-state index is -0.462. The molecule has 1 aromatic carbocycles. The Bertz CT molecular complexity index is 345. The van der Waals surface area contributed by atoms with Crippen molar-refractivity contribution >= 4 is 16.8 Å². The predicted octanol–water partition coefficient (Wildman–Crippen LogP) is 2.85. The maximum Gasteiger partial charge on any atom is 0.256 e. The van der Waals surface area contributed by atoms with Gasteiger partial charge < -0.3 is 4.74 Å². The third kappa shape index (κ3) is 2.26. The molecule has 1 aliphatic carbocycles. The van der Waals surface area contributed by atoms with Crippen molar-refractivity contribution in [2.75, 3.05) is 6.61 Å². The zero-order valence-electron chi connectivity index (χ0n) is 7.70. The molecule has 1 aromatic rings. The van der Waals surface area contributed by atoms with E-state index >= 15 is 0 Å². The number of carbonyl (C=O) groups is 1. The Morgan fingerprint density at radius 2 is 2.14 bits per heavy atom. The molecule has 0 radical (unpaired) electrons. The van der Waals surface area contributed by atoms with Crippen LogP contribution in [0.2, 0.25) is 0 Å². The van der Waals surface area contributed by atoms with Gasteiger partial charge in [-0.3, -0.25) is 4.79 Å². The molecule has 0 atom stereocenters. The Balaban J connectivity index is 2.09. The van der Waals surface area contributed by atoms with Crippen LogP contribution in [-0.4, -0.2) is 11.8 Å². The van der Waals surface area contributed by atoms with E-state index in [1.165, 1.54) is 12.8 Å². The molecule has 1 saturated carbocycles. The first-order chi connectivity index (χ1) is 6.77. The number of rotatable bonds is 4. The first-order valence-electron chi connectivity index (χ1n) is 4.69. The molecule has 0 bridgehead atoms. The average molecular weight is 211 g/mol. The largest absolute Gasteiger partial charge is 0.492 e. The summed E-state index contributed by atoms with van der Waals surface area (Å²) in [6, 6.07) is 7.07. The normalized spacial score (nSPS) is 15.2. The van der Waals surface area contributed by atoms with Gasteiger partial charge in [0.25, 0.3) is 5.24 Å². The standard InChI is InChI=1S/C11H11ClO2/c12-11(13)9-3-1-2-4-10(9)14-7-8-5-6-8/h1-4,8H,5-7H2. The number of benzene rings is 1. The van der Waals surface area contributed by atoms with Gasteiger partial charge in [-0.2, -0.15) is 0 Å². The summed E-state index contributed by atoms with van der Waals surface area (Å²) in [5, 5.41) is -0.462. The lowest BCUT2D eigenvalue weighted by molar-refractivity contribution is 0.107. The van der Waals surface area contributed by atoms with E-state index in [9.17, 15) is 4.79 Å². The summed E-state index contributed by atoms with van der Waals surface area (Å²) in [4.78, 5) is 11.0. The van der Waals surface area contributed by atoms with Crippen LogP contribution in [-0.2, 0) is 0 Å². The van der Waals surface area contributed by atoms with E-state index in [0.717, 1.165) is 0 Å². The zero-order valence-corrected chi connectivity index (χ0v) is 8.46. The lowest BCUT2D eigenvalue weighted by atomic mass is 10.2. The van der Waals surface area contributed by atoms with Gasteiger partial charge in [-0.15, -0.1) is 0 Å². The van der Waals surface area contributed by atoms with Gasteiger partial charge in [0.05, 0.1) is 12.2 Å². The molecule has 1 fully saturated rings. The lowest BCUT2D eigenvalue weighted by Gasteiger charge is -2.07. The maximum atomic E-state index is 11.0. The summed E-state index contributed by atoms with van der Waals surface area (Å²) >= 11 is 5.42. The summed E-state index contributed by atoms with van der Waals surface area (Å²) in [7, 11) is 0. The van der Waals surface area contributed by atoms with Crippen molar-refractivity contribution in [1.82, 2.24) is 0 Å². The topological polar surface area (TPSA) is 26.3 Å². The van der Waals surface area contributed by atoms with Crippen molar-refractivity contribution in [3.05, 3.63) is 29.8 Å². The van der Waals surface area contributed by atoms with E-state index < -0.39 is 5.24 Å². The molecule has 0 spiro atoms. The highest BCUT2D eigenvalue weighted by molar-refractivity contribution is 6.68. The highest BCUT2D eigenvalue weighted by Crippen LogP contribution is 2.30. The molecule has 3 heteroatoms. The molecule has 0 amide bonds. The summed E-state index contributed by atoms with van der Waals surface area (Å²) in [6.07, 6.45) is 2.47. The van der Waals surface area contributed by atoms with Crippen molar-refractivity contribution in [3.8, 4) is 5.75 Å². The molecule has 2 nitrogen and oxygen atoms in total. The van der Waals surface area contributed by atoms with Crippen LogP contribution in [0, 0.1) is 5.92 Å². The Morgan fingerprint density at radius 1 is 1.43 bits per heavy atom. The van der Waals surface area contributed by atoms with Crippen molar-refractivity contribution in [1.29, 1.82) is 0 Å². The average Bonchev–Trinajstić information content (AvgIpc) is 2.98. The lowest BCUT2D eigenvalue weighted by Crippen LogP contribution is -2.02. The second-order valence-electron chi connectivity index (χ2n) is 3.52. The third-order valence-electron chi connectivity index (χ3n) is 2.27. The second kappa shape index (κ2) is 4.01. The molecule has 74 valence electrons. The molecule has 2 rings (SSSR count). The van der Waals surface area contributed by atoms with E-state index in [0.29, 0.717) is 23.8 Å². The van der Waals surface area contributed by atoms with Crippen molar-refractivity contribution in [3.63, 3.8) is 0 Å². The smallest absolute Gasteiger partial charge is 0.256 e. The first kappa shape index (κ1) is 9.53. The van der Waals surface area contributed by atoms with Crippen LogP contribution in [0.15, 0.2) is 24.3 Å². The minimum Gasteiger partial charge on any atom is -0.492 e. The Hall–Kier alpha value is -1.02. The molecule has 0 heterocycles. The minimum absolute atomic E-state index is 0.454. The highest BCUT2D eigenvalue weighted by Gasteiger charge is 2.22. The van der Waals surface area contributed by atoms with Crippen molar-refractivity contribution in [2.24, 2.45) is 5.92 Å². The molecule has 14 heavy (non-hydrogen) atoms. The van der Waals surface area contributed by atoms with Gasteiger partial charge in [-0.05, 0) is 42.5 Å². The van der Waals surface area contributed by atoms with Gasteiger partial charge in [0.2, 0.25) is 0 Å². The molecular formula is C11H11ClO2.